The highest BCUT2D eigenvalue weighted by atomic mass is 16.5. The van der Waals surface area contributed by atoms with Crippen LogP contribution in [0.15, 0.2) is 63.9 Å². The van der Waals surface area contributed by atoms with Gasteiger partial charge in [-0.1, -0.05) is 18.2 Å². The van der Waals surface area contributed by atoms with Crippen molar-refractivity contribution < 1.29 is 28.6 Å². The molecule has 3 aromatic rings. The van der Waals surface area contributed by atoms with Gasteiger partial charge in [0.25, 0.3) is 0 Å². The van der Waals surface area contributed by atoms with Gasteiger partial charge in [-0.15, -0.1) is 0 Å². The number of ether oxygens (including phenoxy) is 1. The maximum Gasteiger partial charge on any atom is 0.432 e. The number of methoxy groups -OCH3 is 1. The average Bonchev–Trinajstić information content (AvgIpc) is 3.13. The van der Waals surface area contributed by atoms with E-state index in [1.807, 2.05) is 18.2 Å². The molecule has 1 heterocycles. The summed E-state index contributed by atoms with van der Waals surface area (Å²) in [6, 6.07) is 15.8. The fraction of sp³-hybridized carbons (Fsp3) is 0.238. The number of H-pyrrole nitrogens is 1. The molecule has 2 aromatic carbocycles. The highest BCUT2D eigenvalue weighted by Crippen LogP contribution is 2.19. The maximum absolute atomic E-state index is 12.8. The summed E-state index contributed by atoms with van der Waals surface area (Å²) in [7, 11) is 3.07. The fourth-order valence-corrected chi connectivity index (χ4v) is 3.00. The highest BCUT2D eigenvalue weighted by molar-refractivity contribution is 5.84. The van der Waals surface area contributed by atoms with Gasteiger partial charge < -0.3 is 19.6 Å². The second-order valence-electron chi connectivity index (χ2n) is 6.80. The minimum absolute atomic E-state index is 0.0247. The van der Waals surface area contributed by atoms with E-state index in [2.05, 4.69) is 5.27 Å². The number of carbonyl (C=O) groups excluding carboxylic acids is 1. The largest absolute Gasteiger partial charge is 0.497 e. The van der Waals surface area contributed by atoms with Crippen LogP contribution in [0.3, 0.4) is 0 Å². The van der Waals surface area contributed by atoms with E-state index in [-0.39, 0.29) is 31.2 Å². The molecule has 0 saturated carbocycles. The monoisotopic (exact) mass is 427 g/mol. The van der Waals surface area contributed by atoms with E-state index in [0.717, 1.165) is 0 Å². The Morgan fingerprint density at radius 1 is 1.10 bits per heavy atom. The zero-order valence-corrected chi connectivity index (χ0v) is 17.1. The molecule has 31 heavy (non-hydrogen) atoms. The third-order valence-corrected chi connectivity index (χ3v) is 4.65. The van der Waals surface area contributed by atoms with Crippen LogP contribution in [0.1, 0.15) is 5.69 Å². The lowest BCUT2D eigenvalue weighted by molar-refractivity contribution is -0.678. The second-order valence-corrected chi connectivity index (χ2v) is 6.80. The Balaban J connectivity index is 1.76. The van der Waals surface area contributed by atoms with Crippen LogP contribution in [0.25, 0.3) is 5.69 Å². The van der Waals surface area contributed by atoms with Gasteiger partial charge in [0, 0.05) is 24.9 Å². The molecular formula is C21H23N4O6+. The molecule has 1 aromatic heterocycles. The first-order valence-corrected chi connectivity index (χ1v) is 9.41. The summed E-state index contributed by atoms with van der Waals surface area (Å²) in [6.45, 7) is -0.568. The van der Waals surface area contributed by atoms with Gasteiger partial charge in [-0.3, -0.25) is 14.1 Å². The number of likely N-dealkylation sites (N-methyl/N-ethyl adjacent to an activating group) is 1. The Hall–Kier alpha value is -4.08. The molecule has 0 aliphatic rings. The molecule has 0 saturated heterocycles. The van der Waals surface area contributed by atoms with Crippen LogP contribution in [0.5, 0.6) is 5.75 Å². The summed E-state index contributed by atoms with van der Waals surface area (Å²) in [5, 5.41) is 11.8. The standard InChI is InChI=1S/C21H22N4O6/c1-23(12-18-21(29)31-22-25(18)16-6-4-3-5-7-16)19(26)13-24(14-20(27)28)15-8-10-17(30-2)11-9-15/h3-11H,12-14H2,1-2H3,(H-,22,27,28,29)/p+1. The van der Waals surface area contributed by atoms with Crippen LogP contribution >= 0.6 is 0 Å². The van der Waals surface area contributed by atoms with Gasteiger partial charge in [-0.2, -0.15) is 0 Å². The normalized spacial score (nSPS) is 10.5. The SMILES string of the molecule is COc1ccc(N(CC(=O)O)CC(=O)N(C)Cc2c(=O)o[nH][n+]2-c2ccccc2)cc1. The Morgan fingerprint density at radius 3 is 2.39 bits per heavy atom. The maximum atomic E-state index is 12.8. The van der Waals surface area contributed by atoms with Crippen molar-refractivity contribution in [3.05, 3.63) is 70.7 Å². The van der Waals surface area contributed by atoms with Crippen molar-refractivity contribution in [1.82, 2.24) is 10.2 Å². The number of aliphatic carboxylic acids is 1. The minimum Gasteiger partial charge on any atom is -0.497 e. The van der Waals surface area contributed by atoms with Crippen LogP contribution in [0.4, 0.5) is 5.69 Å². The number of benzene rings is 2. The Kier molecular flexibility index (Phi) is 6.71. The predicted molar refractivity (Wildman–Crippen MR) is 110 cm³/mol. The van der Waals surface area contributed by atoms with Crippen LogP contribution in [0, 0.1) is 0 Å². The van der Waals surface area contributed by atoms with Crippen molar-refractivity contribution in [3.8, 4) is 11.4 Å². The highest BCUT2D eigenvalue weighted by Gasteiger charge is 2.27. The number of rotatable bonds is 9. The van der Waals surface area contributed by atoms with Crippen LogP contribution in [0.2, 0.25) is 0 Å². The van der Waals surface area contributed by atoms with E-state index in [4.69, 9.17) is 9.26 Å². The van der Waals surface area contributed by atoms with E-state index < -0.39 is 11.6 Å². The van der Waals surface area contributed by atoms with Gasteiger partial charge in [0.1, 0.15) is 18.8 Å². The van der Waals surface area contributed by atoms with E-state index in [1.54, 1.807) is 36.4 Å². The number of amides is 1. The van der Waals surface area contributed by atoms with Crippen molar-refractivity contribution in [2.45, 2.75) is 6.54 Å². The summed E-state index contributed by atoms with van der Waals surface area (Å²) in [4.78, 5) is 39.1. The molecule has 0 fully saturated rings. The molecule has 2 N–H and O–H groups in total. The first-order chi connectivity index (χ1) is 14.9. The number of nitrogens with zero attached hydrogens (tertiary/aromatic N) is 3. The molecule has 0 atom stereocenters. The topological polar surface area (TPSA) is 120 Å². The molecule has 0 spiro atoms. The summed E-state index contributed by atoms with van der Waals surface area (Å²) in [6.07, 6.45) is 0. The number of aromatic nitrogens is 2. The number of carboxylic acids is 1. The summed E-state index contributed by atoms with van der Waals surface area (Å²) >= 11 is 0. The Bertz CT molecular complexity index is 1090. The number of para-hydroxylation sites is 1. The molecule has 0 bridgehead atoms. The number of carbonyl (C=O) groups is 2. The van der Waals surface area contributed by atoms with Crippen molar-refractivity contribution >= 4 is 17.6 Å². The smallest absolute Gasteiger partial charge is 0.432 e. The summed E-state index contributed by atoms with van der Waals surface area (Å²) in [5.74, 6) is -0.816. The summed E-state index contributed by atoms with van der Waals surface area (Å²) in [5.41, 5.74) is 0.873. The Morgan fingerprint density at radius 2 is 1.77 bits per heavy atom. The molecule has 0 aliphatic carbocycles. The van der Waals surface area contributed by atoms with Crippen molar-refractivity contribution in [2.24, 2.45) is 0 Å². The van der Waals surface area contributed by atoms with Crippen molar-refractivity contribution in [2.75, 3.05) is 32.1 Å². The molecule has 3 rings (SSSR count). The molecule has 0 aliphatic heterocycles. The molecular weight excluding hydrogens is 404 g/mol. The number of anilines is 1. The number of hydrogen-bond acceptors (Lipinski definition) is 6. The molecule has 0 radical (unpaired) electrons. The van der Waals surface area contributed by atoms with Crippen molar-refractivity contribution in [3.63, 3.8) is 0 Å². The summed E-state index contributed by atoms with van der Waals surface area (Å²) < 4.78 is 11.5. The van der Waals surface area contributed by atoms with Crippen LogP contribution in [-0.2, 0) is 16.1 Å². The third kappa shape index (κ3) is 5.30. The zero-order chi connectivity index (χ0) is 22.4. The van der Waals surface area contributed by atoms with Crippen LogP contribution < -0.4 is 19.9 Å². The molecule has 162 valence electrons. The van der Waals surface area contributed by atoms with Gasteiger partial charge in [0.05, 0.1) is 13.7 Å². The first kappa shape index (κ1) is 21.6. The van der Waals surface area contributed by atoms with Gasteiger partial charge in [-0.05, 0) is 34.2 Å². The molecule has 0 unspecified atom stereocenters. The van der Waals surface area contributed by atoms with E-state index in [9.17, 15) is 19.5 Å². The number of nitrogens with one attached hydrogen (secondary N) is 1. The third-order valence-electron chi connectivity index (χ3n) is 4.65. The molecule has 10 heteroatoms. The zero-order valence-electron chi connectivity index (χ0n) is 17.1. The van der Waals surface area contributed by atoms with Gasteiger partial charge in [0.2, 0.25) is 11.6 Å². The van der Waals surface area contributed by atoms with Gasteiger partial charge >= 0.3 is 17.3 Å². The van der Waals surface area contributed by atoms with E-state index >= 15 is 0 Å². The lowest BCUT2D eigenvalue weighted by Gasteiger charge is -2.25. The number of hydrogen-bond donors (Lipinski definition) is 2. The Labute approximate surface area is 177 Å². The fourth-order valence-electron chi connectivity index (χ4n) is 3.00. The minimum atomic E-state index is -1.07. The van der Waals surface area contributed by atoms with Crippen molar-refractivity contribution in [1.29, 1.82) is 0 Å². The van der Waals surface area contributed by atoms with Crippen LogP contribution in [-0.4, -0.2) is 54.4 Å². The average molecular weight is 427 g/mol. The number of carboxylic acid groups (broad SMARTS) is 1. The first-order valence-electron chi connectivity index (χ1n) is 9.41. The molecule has 10 nitrogen and oxygen atoms in total. The quantitative estimate of drug-likeness (QED) is 0.485. The lowest BCUT2D eigenvalue weighted by Crippen LogP contribution is -2.45. The number of aromatic amines is 1. The molecule has 1 amide bonds. The second kappa shape index (κ2) is 9.61. The van der Waals surface area contributed by atoms with Gasteiger partial charge in [0.15, 0.2) is 0 Å². The lowest BCUT2D eigenvalue weighted by atomic mass is 10.2. The predicted octanol–water partition coefficient (Wildman–Crippen LogP) is 0.803. The van der Waals surface area contributed by atoms with E-state index in [0.29, 0.717) is 17.1 Å². The van der Waals surface area contributed by atoms with Gasteiger partial charge in [-0.25, -0.2) is 4.79 Å². The van der Waals surface area contributed by atoms with E-state index in [1.165, 1.54) is 28.6 Å².